The molecule has 1 aromatic rings. The van der Waals surface area contributed by atoms with Crippen molar-refractivity contribution >= 4 is 23.6 Å². The van der Waals surface area contributed by atoms with Gasteiger partial charge in [0.1, 0.15) is 6.04 Å². The molecule has 0 saturated heterocycles. The normalized spacial score (nSPS) is 11.9. The van der Waals surface area contributed by atoms with Crippen molar-refractivity contribution in [2.24, 2.45) is 0 Å². The van der Waals surface area contributed by atoms with Crippen LogP contribution in [0.5, 0.6) is 0 Å². The first-order valence-corrected chi connectivity index (χ1v) is 7.20. The van der Waals surface area contributed by atoms with Crippen molar-refractivity contribution in [1.82, 2.24) is 5.32 Å². The second kappa shape index (κ2) is 7.81. The van der Waals surface area contributed by atoms with Gasteiger partial charge in [-0.05, 0) is 36.1 Å². The predicted molar refractivity (Wildman–Crippen MR) is 74.3 cm³/mol. The van der Waals surface area contributed by atoms with Crippen LogP contribution in [0.15, 0.2) is 24.3 Å². The average Bonchev–Trinajstić information content (AvgIpc) is 2.43. The van der Waals surface area contributed by atoms with E-state index in [1.54, 1.807) is 24.3 Å². The number of carbonyl (C=O) groups is 2. The first kappa shape index (κ1) is 15.5. The zero-order chi connectivity index (χ0) is 14.3. The molecule has 0 heterocycles. The number of hydrogen-bond donors (Lipinski definition) is 3. The van der Waals surface area contributed by atoms with E-state index in [1.165, 1.54) is 11.8 Å². The van der Waals surface area contributed by atoms with Crippen LogP contribution < -0.4 is 5.32 Å². The molecule has 0 spiro atoms. The summed E-state index contributed by atoms with van der Waals surface area (Å²) in [6.45, 7) is -0.0899. The van der Waals surface area contributed by atoms with Crippen molar-refractivity contribution < 1.29 is 19.8 Å². The smallest absolute Gasteiger partial charge is 0.326 e. The van der Waals surface area contributed by atoms with Gasteiger partial charge in [0.05, 0.1) is 6.61 Å². The summed E-state index contributed by atoms with van der Waals surface area (Å²) in [5, 5.41) is 20.4. The van der Waals surface area contributed by atoms with E-state index in [-0.39, 0.29) is 6.61 Å². The third kappa shape index (κ3) is 4.92. The Morgan fingerprint density at radius 3 is 2.42 bits per heavy atom. The highest BCUT2D eigenvalue weighted by molar-refractivity contribution is 7.98. The van der Waals surface area contributed by atoms with Gasteiger partial charge in [0.25, 0.3) is 5.91 Å². The lowest BCUT2D eigenvalue weighted by Crippen LogP contribution is -2.41. The average molecular weight is 283 g/mol. The van der Waals surface area contributed by atoms with Crippen LogP contribution in [0.25, 0.3) is 0 Å². The molecule has 1 rings (SSSR count). The molecule has 0 saturated carbocycles. The maximum absolute atomic E-state index is 11.9. The molecule has 6 heteroatoms. The van der Waals surface area contributed by atoms with Crippen LogP contribution in [0.1, 0.15) is 22.3 Å². The molecule has 5 nitrogen and oxygen atoms in total. The molecule has 0 unspecified atom stereocenters. The summed E-state index contributed by atoms with van der Waals surface area (Å²) in [4.78, 5) is 22.9. The van der Waals surface area contributed by atoms with Crippen molar-refractivity contribution in [3.8, 4) is 0 Å². The highest BCUT2D eigenvalue weighted by atomic mass is 32.2. The van der Waals surface area contributed by atoms with E-state index in [1.807, 2.05) is 6.26 Å². The minimum Gasteiger partial charge on any atom is -0.480 e. The number of aliphatic hydroxyl groups is 1. The van der Waals surface area contributed by atoms with Gasteiger partial charge >= 0.3 is 5.97 Å². The fourth-order valence-electron chi connectivity index (χ4n) is 1.50. The second-order valence-corrected chi connectivity index (χ2v) is 4.99. The number of amides is 1. The van der Waals surface area contributed by atoms with E-state index in [4.69, 9.17) is 10.2 Å². The van der Waals surface area contributed by atoms with Crippen molar-refractivity contribution in [3.63, 3.8) is 0 Å². The van der Waals surface area contributed by atoms with E-state index in [2.05, 4.69) is 5.32 Å². The van der Waals surface area contributed by atoms with Crippen molar-refractivity contribution in [1.29, 1.82) is 0 Å². The molecule has 19 heavy (non-hydrogen) atoms. The van der Waals surface area contributed by atoms with Crippen molar-refractivity contribution in [2.45, 2.75) is 19.1 Å². The highest BCUT2D eigenvalue weighted by Crippen LogP contribution is 2.06. The van der Waals surface area contributed by atoms with Crippen LogP contribution in [0.4, 0.5) is 0 Å². The van der Waals surface area contributed by atoms with Gasteiger partial charge in [0.15, 0.2) is 0 Å². The Morgan fingerprint density at radius 2 is 1.95 bits per heavy atom. The first-order valence-electron chi connectivity index (χ1n) is 5.81. The molecule has 0 radical (unpaired) electrons. The minimum absolute atomic E-state index is 0.0899. The van der Waals surface area contributed by atoms with Crippen molar-refractivity contribution in [3.05, 3.63) is 35.4 Å². The zero-order valence-electron chi connectivity index (χ0n) is 10.6. The summed E-state index contributed by atoms with van der Waals surface area (Å²) in [7, 11) is 0. The van der Waals surface area contributed by atoms with Gasteiger partial charge in [-0.25, -0.2) is 4.79 Å². The topological polar surface area (TPSA) is 86.6 Å². The van der Waals surface area contributed by atoms with E-state index >= 15 is 0 Å². The summed E-state index contributed by atoms with van der Waals surface area (Å²) in [5.41, 5.74) is 1.08. The molecule has 0 bridgehead atoms. The Labute approximate surface area is 116 Å². The van der Waals surface area contributed by atoms with Crippen LogP contribution >= 0.6 is 11.8 Å². The van der Waals surface area contributed by atoms with Crippen LogP contribution in [-0.4, -0.2) is 40.1 Å². The Morgan fingerprint density at radius 1 is 1.32 bits per heavy atom. The molecule has 1 amide bonds. The van der Waals surface area contributed by atoms with E-state index in [0.29, 0.717) is 23.3 Å². The molecule has 0 aliphatic rings. The fourth-order valence-corrected chi connectivity index (χ4v) is 1.97. The Hall–Kier alpha value is -1.53. The lowest BCUT2D eigenvalue weighted by Gasteiger charge is -2.14. The summed E-state index contributed by atoms with van der Waals surface area (Å²) in [5.74, 6) is -0.784. The molecule has 0 aromatic heterocycles. The number of carboxylic acid groups (broad SMARTS) is 1. The van der Waals surface area contributed by atoms with Crippen LogP contribution in [0.3, 0.4) is 0 Å². The van der Waals surface area contributed by atoms with Gasteiger partial charge in [-0.3, -0.25) is 4.79 Å². The highest BCUT2D eigenvalue weighted by Gasteiger charge is 2.19. The van der Waals surface area contributed by atoms with Gasteiger partial charge in [-0.1, -0.05) is 12.1 Å². The predicted octanol–water partition coefficient (Wildman–Crippen LogP) is 1.11. The summed E-state index contributed by atoms with van der Waals surface area (Å²) in [6.07, 6.45) is 2.27. The van der Waals surface area contributed by atoms with Gasteiger partial charge in [0.2, 0.25) is 0 Å². The number of aliphatic carboxylic acids is 1. The number of carboxylic acids is 1. The Bertz CT molecular complexity index is 433. The first-order chi connectivity index (χ1) is 9.08. The number of thioether (sulfide) groups is 1. The Balaban J connectivity index is 2.67. The molecular formula is C13H17NO4S. The molecule has 1 aromatic carbocycles. The fraction of sp³-hybridized carbons (Fsp3) is 0.385. The summed E-state index contributed by atoms with van der Waals surface area (Å²) in [6, 6.07) is 5.51. The zero-order valence-corrected chi connectivity index (χ0v) is 11.4. The van der Waals surface area contributed by atoms with Gasteiger partial charge in [0, 0.05) is 5.56 Å². The number of hydrogen-bond acceptors (Lipinski definition) is 4. The van der Waals surface area contributed by atoms with Crippen LogP contribution in [0.2, 0.25) is 0 Å². The molecule has 3 N–H and O–H groups in total. The quantitative estimate of drug-likeness (QED) is 0.698. The second-order valence-electron chi connectivity index (χ2n) is 4.00. The number of nitrogens with one attached hydrogen (secondary N) is 1. The third-order valence-corrected chi connectivity index (χ3v) is 3.26. The van der Waals surface area contributed by atoms with E-state index in [0.717, 1.165) is 0 Å². The van der Waals surface area contributed by atoms with Gasteiger partial charge in [-0.15, -0.1) is 0 Å². The molecule has 104 valence electrons. The SMILES string of the molecule is CSCC[C@H](NC(=O)c1ccc(CO)cc1)C(=O)O. The lowest BCUT2D eigenvalue weighted by molar-refractivity contribution is -0.139. The van der Waals surface area contributed by atoms with Crippen LogP contribution in [-0.2, 0) is 11.4 Å². The van der Waals surface area contributed by atoms with Crippen molar-refractivity contribution in [2.75, 3.05) is 12.0 Å². The van der Waals surface area contributed by atoms with Gasteiger partial charge in [-0.2, -0.15) is 11.8 Å². The molecular weight excluding hydrogens is 266 g/mol. The number of aliphatic hydroxyl groups excluding tert-OH is 1. The van der Waals surface area contributed by atoms with Gasteiger partial charge < -0.3 is 15.5 Å². The minimum atomic E-state index is -1.03. The number of benzene rings is 1. The summed E-state index contributed by atoms with van der Waals surface area (Å²) >= 11 is 1.53. The monoisotopic (exact) mass is 283 g/mol. The molecule has 0 aliphatic heterocycles. The third-order valence-electron chi connectivity index (χ3n) is 2.61. The largest absolute Gasteiger partial charge is 0.480 e. The standard InChI is InChI=1S/C13H17NO4S/c1-19-7-6-11(13(17)18)14-12(16)10-4-2-9(8-15)3-5-10/h2-5,11,15H,6-8H2,1H3,(H,14,16)(H,17,18)/t11-/m0/s1. The maximum Gasteiger partial charge on any atom is 0.326 e. The Kier molecular flexibility index (Phi) is 6.38. The molecule has 1 atom stereocenters. The molecule has 0 aliphatic carbocycles. The molecule has 0 fully saturated rings. The lowest BCUT2D eigenvalue weighted by atomic mass is 10.1. The summed E-state index contributed by atoms with van der Waals surface area (Å²) < 4.78 is 0. The number of rotatable bonds is 7. The van der Waals surface area contributed by atoms with Crippen LogP contribution in [0, 0.1) is 0 Å². The van der Waals surface area contributed by atoms with E-state index < -0.39 is 17.9 Å². The number of carbonyl (C=O) groups excluding carboxylic acids is 1. The van der Waals surface area contributed by atoms with E-state index in [9.17, 15) is 9.59 Å². The maximum atomic E-state index is 11.9.